The Morgan fingerprint density at radius 2 is 1.84 bits per heavy atom. The first-order chi connectivity index (χ1) is 15.0. The van der Waals surface area contributed by atoms with Crippen molar-refractivity contribution in [1.29, 1.82) is 0 Å². The molecular formula is C23H25N5O3. The van der Waals surface area contributed by atoms with E-state index in [0.717, 1.165) is 5.56 Å². The number of rotatable bonds is 4. The van der Waals surface area contributed by atoms with Gasteiger partial charge in [0.2, 0.25) is 5.91 Å². The van der Waals surface area contributed by atoms with Gasteiger partial charge in [0.05, 0.1) is 5.39 Å². The normalized spacial score (nSPS) is 14.6. The Kier molecular flexibility index (Phi) is 5.79. The topological polar surface area (TPSA) is 97.2 Å². The Bertz CT molecular complexity index is 1200. The van der Waals surface area contributed by atoms with E-state index in [1.54, 1.807) is 35.4 Å². The van der Waals surface area contributed by atoms with Crippen molar-refractivity contribution in [2.24, 2.45) is 5.92 Å². The maximum atomic E-state index is 13.2. The molecule has 3 aromatic rings. The molecule has 0 radical (unpaired) electrons. The predicted octanol–water partition coefficient (Wildman–Crippen LogP) is 2.61. The number of anilines is 1. The summed E-state index contributed by atoms with van der Waals surface area (Å²) in [6.07, 6.45) is 2.79. The SMILES string of the molecule is CCn1nc(C(=O)N2CCC(C(=O)Nc3cc(C)ccn3)CC2)c2ccccc2c1=O. The van der Waals surface area contributed by atoms with Gasteiger partial charge < -0.3 is 10.2 Å². The Morgan fingerprint density at radius 1 is 1.13 bits per heavy atom. The van der Waals surface area contributed by atoms with Crippen LogP contribution in [-0.2, 0) is 11.3 Å². The molecule has 1 aliphatic heterocycles. The highest BCUT2D eigenvalue weighted by Crippen LogP contribution is 2.22. The molecule has 1 N–H and O–H groups in total. The maximum absolute atomic E-state index is 13.2. The molecule has 0 unspecified atom stereocenters. The summed E-state index contributed by atoms with van der Waals surface area (Å²) in [6.45, 7) is 5.07. The molecule has 0 atom stereocenters. The number of aryl methyl sites for hydroxylation is 2. The Hall–Kier alpha value is -3.55. The average molecular weight is 419 g/mol. The lowest BCUT2D eigenvalue weighted by molar-refractivity contribution is -0.121. The minimum atomic E-state index is -0.211. The van der Waals surface area contributed by atoms with E-state index < -0.39 is 0 Å². The minimum absolute atomic E-state index is 0.0756. The van der Waals surface area contributed by atoms with E-state index in [1.165, 1.54) is 4.68 Å². The molecule has 1 aromatic carbocycles. The van der Waals surface area contributed by atoms with Crippen LogP contribution < -0.4 is 10.9 Å². The van der Waals surface area contributed by atoms with E-state index in [0.29, 0.717) is 49.1 Å². The van der Waals surface area contributed by atoms with Gasteiger partial charge in [0.15, 0.2) is 5.69 Å². The molecule has 4 rings (SSSR count). The minimum Gasteiger partial charge on any atom is -0.337 e. The van der Waals surface area contributed by atoms with Gasteiger partial charge in [-0.3, -0.25) is 14.4 Å². The lowest BCUT2D eigenvalue weighted by Gasteiger charge is -2.31. The monoisotopic (exact) mass is 419 g/mol. The van der Waals surface area contributed by atoms with Crippen LogP contribution in [0.3, 0.4) is 0 Å². The molecule has 2 aromatic heterocycles. The summed E-state index contributed by atoms with van der Waals surface area (Å²) in [7, 11) is 0. The first-order valence-corrected chi connectivity index (χ1v) is 10.5. The van der Waals surface area contributed by atoms with Gasteiger partial charge in [0, 0.05) is 37.1 Å². The van der Waals surface area contributed by atoms with Crippen LogP contribution in [0.25, 0.3) is 10.8 Å². The first-order valence-electron chi connectivity index (χ1n) is 10.5. The van der Waals surface area contributed by atoms with Crippen LogP contribution in [0.4, 0.5) is 5.82 Å². The summed E-state index contributed by atoms with van der Waals surface area (Å²) in [5.41, 5.74) is 1.11. The third-order valence-corrected chi connectivity index (χ3v) is 5.69. The van der Waals surface area contributed by atoms with Crippen molar-refractivity contribution in [2.45, 2.75) is 33.2 Å². The second kappa shape index (κ2) is 8.67. The third kappa shape index (κ3) is 4.19. The van der Waals surface area contributed by atoms with Crippen LogP contribution in [-0.4, -0.2) is 44.6 Å². The van der Waals surface area contributed by atoms with Gasteiger partial charge in [-0.2, -0.15) is 5.10 Å². The van der Waals surface area contributed by atoms with Gasteiger partial charge in [-0.25, -0.2) is 9.67 Å². The highest BCUT2D eigenvalue weighted by molar-refractivity contribution is 6.05. The molecule has 8 heteroatoms. The molecule has 0 bridgehead atoms. The van der Waals surface area contributed by atoms with Crippen LogP contribution >= 0.6 is 0 Å². The van der Waals surface area contributed by atoms with Gasteiger partial charge in [0.25, 0.3) is 11.5 Å². The van der Waals surface area contributed by atoms with Crippen molar-refractivity contribution in [3.8, 4) is 0 Å². The lowest BCUT2D eigenvalue weighted by Crippen LogP contribution is -2.42. The molecule has 3 heterocycles. The number of fused-ring (bicyclic) bond motifs is 1. The lowest BCUT2D eigenvalue weighted by atomic mass is 9.95. The largest absolute Gasteiger partial charge is 0.337 e. The molecule has 8 nitrogen and oxygen atoms in total. The number of amides is 2. The van der Waals surface area contributed by atoms with E-state index >= 15 is 0 Å². The Labute approximate surface area is 179 Å². The zero-order valence-electron chi connectivity index (χ0n) is 17.7. The van der Waals surface area contributed by atoms with Crippen molar-refractivity contribution in [3.63, 3.8) is 0 Å². The van der Waals surface area contributed by atoms with Crippen LogP contribution in [0.15, 0.2) is 47.4 Å². The molecule has 1 aliphatic rings. The number of nitrogens with zero attached hydrogens (tertiary/aromatic N) is 4. The number of carbonyl (C=O) groups is 2. The summed E-state index contributed by atoms with van der Waals surface area (Å²) in [5, 5.41) is 8.26. The summed E-state index contributed by atoms with van der Waals surface area (Å²) < 4.78 is 1.32. The fraction of sp³-hybridized carbons (Fsp3) is 0.348. The molecule has 160 valence electrons. The molecule has 2 amide bonds. The number of hydrogen-bond acceptors (Lipinski definition) is 5. The second-order valence-electron chi connectivity index (χ2n) is 7.79. The molecule has 0 aliphatic carbocycles. The number of benzene rings is 1. The number of carbonyl (C=O) groups excluding carboxylic acids is 2. The van der Waals surface area contributed by atoms with Crippen LogP contribution in [0, 0.1) is 12.8 Å². The average Bonchev–Trinajstić information content (AvgIpc) is 2.79. The quantitative estimate of drug-likeness (QED) is 0.701. The van der Waals surface area contributed by atoms with Gasteiger partial charge in [-0.05, 0) is 50.5 Å². The summed E-state index contributed by atoms with van der Waals surface area (Å²) in [5.74, 6) is 0.0765. The molecule has 31 heavy (non-hydrogen) atoms. The second-order valence-corrected chi connectivity index (χ2v) is 7.79. The number of nitrogens with one attached hydrogen (secondary N) is 1. The zero-order valence-corrected chi connectivity index (χ0v) is 17.7. The number of likely N-dealkylation sites (tertiary alicyclic amines) is 1. The molecule has 0 saturated carbocycles. The van der Waals surface area contributed by atoms with Gasteiger partial charge in [-0.15, -0.1) is 0 Å². The fourth-order valence-electron chi connectivity index (χ4n) is 3.93. The van der Waals surface area contributed by atoms with Crippen LogP contribution in [0.1, 0.15) is 35.8 Å². The van der Waals surface area contributed by atoms with Crippen LogP contribution in [0.2, 0.25) is 0 Å². The third-order valence-electron chi connectivity index (χ3n) is 5.69. The Balaban J connectivity index is 1.48. The first kappa shape index (κ1) is 20.7. The van der Waals surface area contributed by atoms with Gasteiger partial charge >= 0.3 is 0 Å². The fourth-order valence-corrected chi connectivity index (χ4v) is 3.93. The van der Waals surface area contributed by atoms with E-state index in [1.807, 2.05) is 26.0 Å². The Morgan fingerprint density at radius 3 is 2.52 bits per heavy atom. The summed E-state index contributed by atoms with van der Waals surface area (Å²) in [6, 6.07) is 10.8. The maximum Gasteiger partial charge on any atom is 0.274 e. The van der Waals surface area contributed by atoms with Crippen molar-refractivity contribution < 1.29 is 9.59 Å². The smallest absolute Gasteiger partial charge is 0.274 e. The molecule has 1 fully saturated rings. The highest BCUT2D eigenvalue weighted by Gasteiger charge is 2.30. The van der Waals surface area contributed by atoms with Crippen molar-refractivity contribution in [3.05, 3.63) is 64.2 Å². The van der Waals surface area contributed by atoms with Gasteiger partial charge in [0.1, 0.15) is 5.82 Å². The summed E-state index contributed by atoms with van der Waals surface area (Å²) in [4.78, 5) is 44.3. The molecular weight excluding hydrogens is 394 g/mol. The number of hydrogen-bond donors (Lipinski definition) is 1. The highest BCUT2D eigenvalue weighted by atomic mass is 16.2. The number of piperidine rings is 1. The van der Waals surface area contributed by atoms with E-state index in [4.69, 9.17) is 0 Å². The standard InChI is InChI=1S/C23H25N5O3/c1-3-28-22(30)18-7-5-4-6-17(18)20(26-28)23(31)27-12-9-16(10-13-27)21(29)25-19-14-15(2)8-11-24-19/h4-8,11,14,16H,3,9-10,12-13H2,1-2H3,(H,24,25,29). The van der Waals surface area contributed by atoms with Gasteiger partial charge in [-0.1, -0.05) is 18.2 Å². The summed E-state index contributed by atoms with van der Waals surface area (Å²) >= 11 is 0. The van der Waals surface area contributed by atoms with E-state index in [9.17, 15) is 14.4 Å². The zero-order chi connectivity index (χ0) is 22.0. The van der Waals surface area contributed by atoms with Crippen LogP contribution in [0.5, 0.6) is 0 Å². The predicted molar refractivity (Wildman–Crippen MR) is 118 cm³/mol. The molecule has 0 spiro atoms. The van der Waals surface area contributed by atoms with Crippen molar-refractivity contribution in [2.75, 3.05) is 18.4 Å². The van der Waals surface area contributed by atoms with E-state index in [2.05, 4.69) is 15.4 Å². The van der Waals surface area contributed by atoms with Crippen molar-refractivity contribution >= 4 is 28.4 Å². The molecule has 1 saturated heterocycles. The van der Waals surface area contributed by atoms with Crippen molar-refractivity contribution in [1.82, 2.24) is 19.7 Å². The number of pyridine rings is 1. The number of aromatic nitrogens is 3. The van der Waals surface area contributed by atoms with E-state index in [-0.39, 0.29) is 29.0 Å².